The van der Waals surface area contributed by atoms with E-state index >= 15 is 8.42 Å². The van der Waals surface area contributed by atoms with Crippen LogP contribution in [-0.4, -0.2) is 55.9 Å². The van der Waals surface area contributed by atoms with Crippen molar-refractivity contribution in [1.82, 2.24) is 4.72 Å². The second kappa shape index (κ2) is 31.8. The summed E-state index contributed by atoms with van der Waals surface area (Å²) in [5.41, 5.74) is 6.66. The molecule has 3 rings (SSSR count). The predicted molar refractivity (Wildman–Crippen MR) is 296 cm³/mol. The third-order valence-electron chi connectivity index (χ3n) is 13.2. The van der Waals surface area contributed by atoms with Crippen LogP contribution in [0.25, 0.3) is 0 Å². The molecule has 0 aromatic heterocycles. The fourth-order valence-electron chi connectivity index (χ4n) is 8.88. The maximum absolute atomic E-state index is 15.0. The summed E-state index contributed by atoms with van der Waals surface area (Å²) in [4.78, 5) is 2.49. The van der Waals surface area contributed by atoms with Gasteiger partial charge in [0, 0.05) is 43.1 Å². The summed E-state index contributed by atoms with van der Waals surface area (Å²) in [5.74, 6) is 1.21. The first-order valence-corrected chi connectivity index (χ1v) is 30.5. The lowest BCUT2D eigenvalue weighted by molar-refractivity contribution is 0.298. The van der Waals surface area contributed by atoms with Crippen LogP contribution in [0.2, 0.25) is 0 Å². The summed E-state index contributed by atoms with van der Waals surface area (Å²) in [5, 5.41) is 3.66. The topological polar surface area (TPSA) is 126 Å². The highest BCUT2D eigenvalue weighted by Crippen LogP contribution is 2.42. The van der Waals surface area contributed by atoms with Crippen molar-refractivity contribution in [2.75, 3.05) is 54.0 Å². The third kappa shape index (κ3) is 21.8. The molecule has 12 heteroatoms. The minimum absolute atomic E-state index is 0.0189. The van der Waals surface area contributed by atoms with Crippen LogP contribution in [0.1, 0.15) is 231 Å². The van der Waals surface area contributed by atoms with Gasteiger partial charge in [-0.15, -0.1) is 0 Å². The molecule has 0 atom stereocenters. The number of hydrogen-bond donors (Lipinski definition) is 3. The Morgan fingerprint density at radius 2 is 1.00 bits per heavy atom. The summed E-state index contributed by atoms with van der Waals surface area (Å²) < 4.78 is 72.5. The van der Waals surface area contributed by atoms with Crippen LogP contribution in [0.4, 0.5) is 22.7 Å². The van der Waals surface area contributed by atoms with Gasteiger partial charge in [0.05, 0.1) is 35.7 Å². The normalized spacial score (nSPS) is 12.1. The van der Waals surface area contributed by atoms with Crippen molar-refractivity contribution in [3.8, 4) is 11.5 Å². The van der Waals surface area contributed by atoms with Crippen LogP contribution in [0.15, 0.2) is 47.4 Å². The minimum atomic E-state index is -4.10. The molecule has 3 aromatic carbocycles. The number of unbranched alkanes of at least 4 members (excludes halogenated alkanes) is 18. The smallest absolute Gasteiger partial charge is 0.262 e. The molecular weight excluding hydrogens is 901 g/mol. The summed E-state index contributed by atoms with van der Waals surface area (Å²) in [6, 6.07) is 14.0. The molecule has 3 N–H and O–H groups in total. The minimum Gasteiger partial charge on any atom is -0.491 e. The Kier molecular flexibility index (Phi) is 27.5. The van der Waals surface area contributed by atoms with E-state index in [1.807, 2.05) is 31.2 Å². The van der Waals surface area contributed by atoms with Crippen LogP contribution in [0, 0.1) is 6.92 Å². The molecular formula is C57H96N4O6S2. The van der Waals surface area contributed by atoms with Gasteiger partial charge in [-0.3, -0.25) is 4.72 Å². The lowest BCUT2D eigenvalue weighted by atomic mass is 9.89. The Morgan fingerprint density at radius 3 is 1.42 bits per heavy atom. The number of sulfonamides is 2. The van der Waals surface area contributed by atoms with Crippen molar-refractivity contribution in [3.63, 3.8) is 0 Å². The first kappa shape index (κ1) is 59.8. The van der Waals surface area contributed by atoms with E-state index in [2.05, 4.69) is 100 Å². The fraction of sp³-hybridized carbons (Fsp3) is 0.684. The van der Waals surface area contributed by atoms with Crippen molar-refractivity contribution in [3.05, 3.63) is 64.7 Å². The molecule has 3 aromatic rings. The molecule has 0 saturated carbocycles. The van der Waals surface area contributed by atoms with E-state index in [1.54, 1.807) is 0 Å². The number of anilines is 4. The van der Waals surface area contributed by atoms with Gasteiger partial charge in [0.1, 0.15) is 11.5 Å². The van der Waals surface area contributed by atoms with Crippen molar-refractivity contribution in [2.45, 2.75) is 220 Å². The third-order valence-corrected chi connectivity index (χ3v) is 15.4. The van der Waals surface area contributed by atoms with E-state index in [4.69, 9.17) is 9.47 Å². The molecule has 0 radical (unpaired) electrons. The molecule has 0 bridgehead atoms. The van der Waals surface area contributed by atoms with Gasteiger partial charge in [-0.1, -0.05) is 183 Å². The number of nitrogens with one attached hydrogen (secondary N) is 3. The Bertz CT molecular complexity index is 2130. The number of likely N-dealkylation sites (N-methyl/N-ethyl adjacent to an activating group) is 1. The Labute approximate surface area is 422 Å². The van der Waals surface area contributed by atoms with Gasteiger partial charge >= 0.3 is 0 Å². The van der Waals surface area contributed by atoms with E-state index in [0.29, 0.717) is 60.6 Å². The molecule has 0 heterocycles. The van der Waals surface area contributed by atoms with Gasteiger partial charge < -0.3 is 19.7 Å². The molecule has 0 amide bonds. The lowest BCUT2D eigenvalue weighted by Crippen LogP contribution is -2.34. The number of ether oxygens (including phenoxy) is 2. The fourth-order valence-corrected chi connectivity index (χ4v) is 11.1. The first-order valence-electron chi connectivity index (χ1n) is 27.1. The van der Waals surface area contributed by atoms with Crippen molar-refractivity contribution < 1.29 is 26.3 Å². The van der Waals surface area contributed by atoms with E-state index in [-0.39, 0.29) is 17.8 Å². The number of benzene rings is 3. The highest BCUT2D eigenvalue weighted by molar-refractivity contribution is 7.92. The highest BCUT2D eigenvalue weighted by atomic mass is 32.2. The van der Waals surface area contributed by atoms with Crippen molar-refractivity contribution >= 4 is 42.8 Å². The second-order valence-electron chi connectivity index (χ2n) is 20.4. The van der Waals surface area contributed by atoms with Crippen LogP contribution in [0.5, 0.6) is 11.5 Å². The number of rotatable bonds is 38. The number of hydrogen-bond acceptors (Lipinski definition) is 8. The Morgan fingerprint density at radius 1 is 0.551 bits per heavy atom. The number of nitrogens with zero attached hydrogens (tertiary/aromatic N) is 1. The molecule has 0 aliphatic heterocycles. The van der Waals surface area contributed by atoms with E-state index in [9.17, 15) is 8.42 Å². The maximum Gasteiger partial charge on any atom is 0.262 e. The monoisotopic (exact) mass is 997 g/mol. The van der Waals surface area contributed by atoms with Crippen molar-refractivity contribution in [2.24, 2.45) is 0 Å². The molecule has 0 spiro atoms. The van der Waals surface area contributed by atoms with E-state index < -0.39 is 20.0 Å². The predicted octanol–water partition coefficient (Wildman–Crippen LogP) is 15.9. The van der Waals surface area contributed by atoms with Gasteiger partial charge in [-0.25, -0.2) is 21.6 Å². The number of aryl methyl sites for hydroxylation is 1. The largest absolute Gasteiger partial charge is 0.491 e. The Balaban J connectivity index is 2.04. The van der Waals surface area contributed by atoms with Crippen LogP contribution in [-0.2, 0) is 20.0 Å². The molecule has 392 valence electrons. The molecule has 69 heavy (non-hydrogen) atoms. The molecule has 0 saturated heterocycles. The maximum atomic E-state index is 15.0. The zero-order valence-electron chi connectivity index (χ0n) is 45.2. The van der Waals surface area contributed by atoms with Gasteiger partial charge in [0.15, 0.2) is 0 Å². The van der Waals surface area contributed by atoms with Gasteiger partial charge in [0.2, 0.25) is 10.0 Å². The van der Waals surface area contributed by atoms with E-state index in [0.717, 1.165) is 72.2 Å². The highest BCUT2D eigenvalue weighted by Gasteiger charge is 2.29. The zero-order chi connectivity index (χ0) is 50.8. The first-order chi connectivity index (χ1) is 32.9. The quantitative estimate of drug-likeness (QED) is 0.0485. The zero-order valence-corrected chi connectivity index (χ0v) is 46.8. The molecule has 10 nitrogen and oxygen atoms in total. The average molecular weight is 998 g/mol. The van der Waals surface area contributed by atoms with Crippen LogP contribution >= 0.6 is 0 Å². The lowest BCUT2D eigenvalue weighted by Gasteiger charge is -2.25. The second-order valence-corrected chi connectivity index (χ2v) is 23.8. The van der Waals surface area contributed by atoms with Gasteiger partial charge in [-0.2, -0.15) is 0 Å². The average Bonchev–Trinajstić information content (AvgIpc) is 3.29. The summed E-state index contributed by atoms with van der Waals surface area (Å²) in [7, 11) is -7.40. The molecule has 0 fully saturated rings. The van der Waals surface area contributed by atoms with Crippen LogP contribution < -0.4 is 29.1 Å². The molecule has 0 unspecified atom stereocenters. The van der Waals surface area contributed by atoms with Gasteiger partial charge in [0.25, 0.3) is 10.0 Å². The molecule has 0 aliphatic rings. The van der Waals surface area contributed by atoms with Gasteiger partial charge in [-0.05, 0) is 84.9 Å². The molecule has 0 aliphatic carbocycles. The summed E-state index contributed by atoms with van der Waals surface area (Å²) in [6.07, 6.45) is 25.4. The Hall–Kier alpha value is -3.48. The van der Waals surface area contributed by atoms with Crippen molar-refractivity contribution in [1.29, 1.82) is 0 Å². The summed E-state index contributed by atoms with van der Waals surface area (Å²) in [6.45, 7) is 23.7. The standard InChI is InChI=1S/C57H96N4O6S2/c1-12-15-17-19-21-23-25-27-29-31-37-66-55-43-54(60-69(64,65)57-50(45(6)7)40-48(44(4)5)41-51(57)46(8)9)56(67-38-32-30-28-26-24-22-20-18-16-13-2)42-53(55)59-52-34-33-49(39-47(52)10)61(14-3)36-35-58-68(11,62)63/h33-34,39-46,58-60H,12-32,35-38H2,1-11H3. The summed E-state index contributed by atoms with van der Waals surface area (Å²) >= 11 is 0. The van der Waals surface area contributed by atoms with E-state index in [1.165, 1.54) is 96.1 Å². The van der Waals surface area contributed by atoms with Crippen LogP contribution in [0.3, 0.4) is 0 Å². The SMILES string of the molecule is CCCCCCCCCCCCOc1cc(NS(=O)(=O)c2c(C(C)C)cc(C(C)C)cc2C(C)C)c(OCCCCCCCCCCCC)cc1Nc1ccc(N(CC)CCNS(C)(=O)=O)cc1C.